The van der Waals surface area contributed by atoms with Gasteiger partial charge in [-0.3, -0.25) is 0 Å². The van der Waals surface area contributed by atoms with Crippen molar-refractivity contribution in [3.8, 4) is 0 Å². The van der Waals surface area contributed by atoms with Crippen molar-refractivity contribution in [2.75, 3.05) is 13.7 Å². The van der Waals surface area contributed by atoms with Crippen molar-refractivity contribution in [1.29, 1.82) is 0 Å². The molecule has 0 amide bonds. The maximum absolute atomic E-state index is 11.8. The fourth-order valence-electron chi connectivity index (χ4n) is 1.62. The summed E-state index contributed by atoms with van der Waals surface area (Å²) < 4.78 is 5.94. The predicted octanol–water partition coefficient (Wildman–Crippen LogP) is 3.47. The third kappa shape index (κ3) is 2.88. The van der Waals surface area contributed by atoms with Crippen LogP contribution in [0.1, 0.15) is 11.8 Å². The van der Waals surface area contributed by atoms with E-state index in [0.29, 0.717) is 9.90 Å². The number of hydrogen-bond acceptors (Lipinski definition) is 5. The van der Waals surface area contributed by atoms with Gasteiger partial charge in [0.2, 0.25) is 5.71 Å². The SMILES string of the molecule is CCOC(=O)/C(=N/OC)c1cc2c(Cl)cccc2s1. The number of carbonyl (C=O) groups is 1. The number of oxime groups is 1. The molecule has 0 bridgehead atoms. The molecule has 0 saturated heterocycles. The molecule has 100 valence electrons. The molecule has 0 spiro atoms. The molecule has 19 heavy (non-hydrogen) atoms. The Bertz CT molecular complexity index is 636. The molecule has 0 aliphatic carbocycles. The lowest BCUT2D eigenvalue weighted by Crippen LogP contribution is -2.18. The number of halogens is 1. The number of fused-ring (bicyclic) bond motifs is 1. The summed E-state index contributed by atoms with van der Waals surface area (Å²) >= 11 is 7.53. The van der Waals surface area contributed by atoms with Gasteiger partial charge in [0.25, 0.3) is 0 Å². The van der Waals surface area contributed by atoms with Gasteiger partial charge in [-0.05, 0) is 25.1 Å². The molecule has 1 aromatic carbocycles. The van der Waals surface area contributed by atoms with E-state index in [9.17, 15) is 4.79 Å². The second-order valence-electron chi connectivity index (χ2n) is 3.61. The molecule has 2 aromatic rings. The summed E-state index contributed by atoms with van der Waals surface area (Å²) in [6.45, 7) is 2.03. The first-order chi connectivity index (χ1) is 9.17. The predicted molar refractivity (Wildman–Crippen MR) is 77.0 cm³/mol. The second kappa shape index (κ2) is 6.04. The van der Waals surface area contributed by atoms with Gasteiger partial charge in [0.1, 0.15) is 7.11 Å². The highest BCUT2D eigenvalue weighted by molar-refractivity contribution is 7.21. The van der Waals surface area contributed by atoms with E-state index in [0.717, 1.165) is 10.1 Å². The van der Waals surface area contributed by atoms with Crippen molar-refractivity contribution in [2.45, 2.75) is 6.92 Å². The highest BCUT2D eigenvalue weighted by atomic mass is 35.5. The maximum atomic E-state index is 11.8. The van der Waals surface area contributed by atoms with Gasteiger partial charge in [0.05, 0.1) is 11.5 Å². The number of rotatable bonds is 4. The van der Waals surface area contributed by atoms with E-state index in [4.69, 9.17) is 21.2 Å². The van der Waals surface area contributed by atoms with Crippen molar-refractivity contribution < 1.29 is 14.4 Å². The van der Waals surface area contributed by atoms with Crippen molar-refractivity contribution in [2.24, 2.45) is 5.16 Å². The number of ether oxygens (including phenoxy) is 1. The Hall–Kier alpha value is -1.59. The van der Waals surface area contributed by atoms with Crippen LogP contribution in [0.4, 0.5) is 0 Å². The number of benzene rings is 1. The fraction of sp³-hybridized carbons (Fsp3) is 0.231. The molecule has 0 unspecified atom stereocenters. The Balaban J connectivity index is 2.48. The summed E-state index contributed by atoms with van der Waals surface area (Å²) in [5, 5.41) is 5.27. The standard InChI is InChI=1S/C13H12ClNO3S/c1-3-18-13(16)12(15-17-2)11-7-8-9(14)5-4-6-10(8)19-11/h4-7H,3H2,1-2H3/b15-12+. The van der Waals surface area contributed by atoms with Crippen LogP contribution in [0.3, 0.4) is 0 Å². The number of thiophene rings is 1. The minimum atomic E-state index is -0.507. The van der Waals surface area contributed by atoms with Crippen LogP contribution in [0.2, 0.25) is 5.02 Å². The zero-order valence-corrected chi connectivity index (χ0v) is 12.0. The highest BCUT2D eigenvalue weighted by Gasteiger charge is 2.19. The fourth-order valence-corrected chi connectivity index (χ4v) is 2.96. The molecule has 1 heterocycles. The second-order valence-corrected chi connectivity index (χ2v) is 5.10. The summed E-state index contributed by atoms with van der Waals surface area (Å²) in [6, 6.07) is 7.42. The number of esters is 1. The minimum Gasteiger partial charge on any atom is -0.461 e. The molecule has 0 saturated carbocycles. The summed E-state index contributed by atoms with van der Waals surface area (Å²) in [5.41, 5.74) is 0.154. The van der Waals surface area contributed by atoms with E-state index >= 15 is 0 Å². The van der Waals surface area contributed by atoms with Crippen LogP contribution in [0.15, 0.2) is 29.4 Å². The lowest BCUT2D eigenvalue weighted by molar-refractivity contribution is -0.135. The van der Waals surface area contributed by atoms with Gasteiger partial charge in [0, 0.05) is 15.1 Å². The highest BCUT2D eigenvalue weighted by Crippen LogP contribution is 2.31. The summed E-state index contributed by atoms with van der Waals surface area (Å²) in [4.78, 5) is 17.2. The van der Waals surface area contributed by atoms with Crippen molar-refractivity contribution in [1.82, 2.24) is 0 Å². The zero-order chi connectivity index (χ0) is 13.8. The molecule has 0 aliphatic heterocycles. The van der Waals surface area contributed by atoms with Crippen LogP contribution in [-0.2, 0) is 14.4 Å². The number of carbonyl (C=O) groups excluding carboxylic acids is 1. The Kier molecular flexibility index (Phi) is 4.39. The van der Waals surface area contributed by atoms with Gasteiger partial charge in [-0.25, -0.2) is 4.79 Å². The topological polar surface area (TPSA) is 47.9 Å². The molecule has 2 rings (SSSR count). The Morgan fingerprint density at radius 2 is 2.26 bits per heavy atom. The van der Waals surface area contributed by atoms with Crippen LogP contribution >= 0.6 is 22.9 Å². The van der Waals surface area contributed by atoms with Crippen LogP contribution in [-0.4, -0.2) is 25.4 Å². The molecule has 0 radical (unpaired) electrons. The zero-order valence-electron chi connectivity index (χ0n) is 10.5. The average Bonchev–Trinajstić information content (AvgIpc) is 2.81. The van der Waals surface area contributed by atoms with Crippen LogP contribution in [0.5, 0.6) is 0 Å². The monoisotopic (exact) mass is 297 g/mol. The average molecular weight is 298 g/mol. The first-order valence-corrected chi connectivity index (χ1v) is 6.83. The molecule has 1 aromatic heterocycles. The third-order valence-corrected chi connectivity index (χ3v) is 3.83. The van der Waals surface area contributed by atoms with E-state index in [2.05, 4.69) is 5.16 Å². The van der Waals surface area contributed by atoms with Crippen LogP contribution in [0.25, 0.3) is 10.1 Å². The van der Waals surface area contributed by atoms with Gasteiger partial charge in [-0.15, -0.1) is 11.3 Å². The molecule has 0 atom stereocenters. The van der Waals surface area contributed by atoms with Crippen LogP contribution < -0.4 is 0 Å². The molecule has 0 N–H and O–H groups in total. The molecule has 6 heteroatoms. The van der Waals surface area contributed by atoms with Crippen molar-refractivity contribution in [3.05, 3.63) is 34.2 Å². The number of hydrogen-bond donors (Lipinski definition) is 0. The van der Waals surface area contributed by atoms with Gasteiger partial charge in [-0.2, -0.15) is 0 Å². The molecular weight excluding hydrogens is 286 g/mol. The molecule has 0 aliphatic rings. The summed E-state index contributed by atoms with van der Waals surface area (Å²) in [7, 11) is 1.39. The summed E-state index contributed by atoms with van der Waals surface area (Å²) in [6.07, 6.45) is 0. The van der Waals surface area contributed by atoms with Crippen LogP contribution in [0, 0.1) is 0 Å². The first kappa shape index (κ1) is 13.8. The smallest absolute Gasteiger partial charge is 0.361 e. The van der Waals surface area contributed by atoms with E-state index in [1.165, 1.54) is 18.4 Å². The van der Waals surface area contributed by atoms with E-state index in [1.54, 1.807) is 13.0 Å². The van der Waals surface area contributed by atoms with Gasteiger partial charge in [0.15, 0.2) is 0 Å². The minimum absolute atomic E-state index is 0.154. The lowest BCUT2D eigenvalue weighted by atomic mass is 10.2. The maximum Gasteiger partial charge on any atom is 0.361 e. The van der Waals surface area contributed by atoms with E-state index in [1.807, 2.05) is 18.2 Å². The largest absolute Gasteiger partial charge is 0.461 e. The Morgan fingerprint density at radius 3 is 2.89 bits per heavy atom. The van der Waals surface area contributed by atoms with Crippen molar-refractivity contribution >= 4 is 44.7 Å². The van der Waals surface area contributed by atoms with E-state index < -0.39 is 5.97 Å². The molecule has 0 fully saturated rings. The van der Waals surface area contributed by atoms with Crippen molar-refractivity contribution in [3.63, 3.8) is 0 Å². The van der Waals surface area contributed by atoms with Gasteiger partial charge < -0.3 is 9.57 Å². The Labute approximate surface area is 119 Å². The Morgan fingerprint density at radius 1 is 1.47 bits per heavy atom. The molecular formula is C13H12ClNO3S. The number of nitrogens with zero attached hydrogens (tertiary/aromatic N) is 1. The quantitative estimate of drug-likeness (QED) is 0.493. The van der Waals surface area contributed by atoms with E-state index in [-0.39, 0.29) is 12.3 Å². The summed E-state index contributed by atoms with van der Waals surface area (Å²) in [5.74, 6) is -0.507. The normalized spacial score (nSPS) is 11.6. The molecule has 4 nitrogen and oxygen atoms in total. The van der Waals surface area contributed by atoms with Gasteiger partial charge >= 0.3 is 5.97 Å². The van der Waals surface area contributed by atoms with Gasteiger partial charge in [-0.1, -0.05) is 22.8 Å². The first-order valence-electron chi connectivity index (χ1n) is 5.64. The lowest BCUT2D eigenvalue weighted by Gasteiger charge is -2.02. The third-order valence-electron chi connectivity index (χ3n) is 2.39.